The molecular formula is C15H26N2O3S. The van der Waals surface area contributed by atoms with E-state index in [0.29, 0.717) is 30.5 Å². The molecule has 1 atom stereocenters. The molecule has 0 fully saturated rings. The molecule has 0 aliphatic heterocycles. The number of benzene rings is 1. The van der Waals surface area contributed by atoms with Crippen molar-refractivity contribution in [2.24, 2.45) is 0 Å². The van der Waals surface area contributed by atoms with E-state index in [1.807, 2.05) is 19.9 Å². The summed E-state index contributed by atoms with van der Waals surface area (Å²) in [5, 5.41) is 8.82. The maximum absolute atomic E-state index is 12.6. The molecule has 1 aromatic rings. The third kappa shape index (κ3) is 4.69. The van der Waals surface area contributed by atoms with Crippen molar-refractivity contribution in [3.8, 4) is 0 Å². The molecule has 5 nitrogen and oxygen atoms in total. The van der Waals surface area contributed by atoms with Gasteiger partial charge in [-0.05, 0) is 55.9 Å². The number of aliphatic hydroxyl groups is 1. The Hall–Kier alpha value is -1.11. The van der Waals surface area contributed by atoms with Gasteiger partial charge in [0, 0.05) is 18.3 Å². The summed E-state index contributed by atoms with van der Waals surface area (Å²) in [5.74, 6) is 0. The highest BCUT2D eigenvalue weighted by atomic mass is 32.2. The lowest BCUT2D eigenvalue weighted by Crippen LogP contribution is -2.33. The normalized spacial score (nSPS) is 13.3. The largest absolute Gasteiger partial charge is 0.398 e. The van der Waals surface area contributed by atoms with E-state index in [0.717, 1.165) is 12.0 Å². The van der Waals surface area contributed by atoms with E-state index in [1.165, 1.54) is 0 Å². The van der Waals surface area contributed by atoms with Crippen LogP contribution in [-0.2, 0) is 22.9 Å². The predicted octanol–water partition coefficient (Wildman–Crippen LogP) is 1.83. The number of anilines is 1. The maximum Gasteiger partial charge on any atom is 0.241 e. The highest BCUT2D eigenvalue weighted by Crippen LogP contribution is 2.25. The monoisotopic (exact) mass is 314 g/mol. The molecule has 1 aromatic carbocycles. The number of aliphatic hydroxyl groups excluding tert-OH is 1. The van der Waals surface area contributed by atoms with Crippen molar-refractivity contribution < 1.29 is 13.5 Å². The summed E-state index contributed by atoms with van der Waals surface area (Å²) in [5.41, 5.74) is 8.09. The molecule has 4 N–H and O–H groups in total. The first kappa shape index (κ1) is 17.9. The molecule has 0 amide bonds. The first-order valence-electron chi connectivity index (χ1n) is 7.40. The second kappa shape index (κ2) is 7.77. The van der Waals surface area contributed by atoms with Crippen LogP contribution in [-0.4, -0.2) is 26.2 Å². The van der Waals surface area contributed by atoms with Crippen molar-refractivity contribution in [1.82, 2.24) is 4.72 Å². The number of hydrogen-bond acceptors (Lipinski definition) is 4. The molecule has 120 valence electrons. The van der Waals surface area contributed by atoms with Crippen molar-refractivity contribution in [2.75, 3.05) is 12.3 Å². The van der Waals surface area contributed by atoms with Gasteiger partial charge >= 0.3 is 0 Å². The summed E-state index contributed by atoms with van der Waals surface area (Å²) in [6, 6.07) is 3.32. The average Bonchev–Trinajstić information content (AvgIpc) is 2.43. The van der Waals surface area contributed by atoms with Gasteiger partial charge in [-0.2, -0.15) is 0 Å². The maximum atomic E-state index is 12.6. The Morgan fingerprint density at radius 2 is 1.95 bits per heavy atom. The van der Waals surface area contributed by atoms with Crippen LogP contribution in [0.3, 0.4) is 0 Å². The van der Waals surface area contributed by atoms with Gasteiger partial charge in [-0.1, -0.05) is 13.8 Å². The molecule has 0 saturated carbocycles. The lowest BCUT2D eigenvalue weighted by atomic mass is 10.1. The zero-order chi connectivity index (χ0) is 16.0. The van der Waals surface area contributed by atoms with Crippen LogP contribution in [0.1, 0.15) is 44.7 Å². The van der Waals surface area contributed by atoms with Crippen molar-refractivity contribution in [3.63, 3.8) is 0 Å². The van der Waals surface area contributed by atoms with E-state index in [1.54, 1.807) is 13.0 Å². The van der Waals surface area contributed by atoms with Gasteiger partial charge in [-0.25, -0.2) is 13.1 Å². The second-order valence-electron chi connectivity index (χ2n) is 5.26. The number of hydrogen-bond donors (Lipinski definition) is 3. The Morgan fingerprint density at radius 3 is 2.48 bits per heavy atom. The minimum Gasteiger partial charge on any atom is -0.398 e. The fraction of sp³-hybridized carbons (Fsp3) is 0.600. The van der Waals surface area contributed by atoms with Gasteiger partial charge in [-0.15, -0.1) is 0 Å². The molecular weight excluding hydrogens is 288 g/mol. The molecule has 0 radical (unpaired) electrons. The lowest BCUT2D eigenvalue weighted by molar-refractivity contribution is 0.279. The molecule has 1 unspecified atom stereocenters. The molecule has 0 heterocycles. The van der Waals surface area contributed by atoms with Gasteiger partial charge in [-0.3, -0.25) is 0 Å². The summed E-state index contributed by atoms with van der Waals surface area (Å²) >= 11 is 0. The van der Waals surface area contributed by atoms with E-state index < -0.39 is 10.0 Å². The van der Waals surface area contributed by atoms with Crippen LogP contribution < -0.4 is 10.5 Å². The first-order chi connectivity index (χ1) is 9.85. The topological polar surface area (TPSA) is 92.4 Å². The number of rotatable bonds is 8. The van der Waals surface area contributed by atoms with Crippen molar-refractivity contribution in [2.45, 2.75) is 57.4 Å². The highest BCUT2D eigenvalue weighted by Gasteiger charge is 2.22. The van der Waals surface area contributed by atoms with Crippen LogP contribution in [0, 0.1) is 0 Å². The van der Waals surface area contributed by atoms with Crippen LogP contribution in [0.2, 0.25) is 0 Å². The first-order valence-corrected chi connectivity index (χ1v) is 8.88. The Morgan fingerprint density at radius 1 is 1.29 bits per heavy atom. The second-order valence-corrected chi connectivity index (χ2v) is 6.94. The van der Waals surface area contributed by atoms with Gasteiger partial charge in [0.2, 0.25) is 10.0 Å². The minimum atomic E-state index is -3.60. The van der Waals surface area contributed by atoms with Gasteiger partial charge in [0.1, 0.15) is 0 Å². The van der Waals surface area contributed by atoms with Crippen LogP contribution in [0.4, 0.5) is 5.69 Å². The number of aryl methyl sites for hydroxylation is 1. The Balaban J connectivity index is 3.14. The zero-order valence-electron chi connectivity index (χ0n) is 13.0. The van der Waals surface area contributed by atoms with Crippen molar-refractivity contribution in [3.05, 3.63) is 23.3 Å². The molecule has 21 heavy (non-hydrogen) atoms. The highest BCUT2D eigenvalue weighted by molar-refractivity contribution is 7.89. The van der Waals surface area contributed by atoms with E-state index in [2.05, 4.69) is 4.72 Å². The standard InChI is InChI=1S/C15H26N2O3S/c1-4-12-9-14(16)13(5-2)15(10-12)21(19,20)17-11(3)7-6-8-18/h9-11,17-18H,4-8,16H2,1-3H3. The molecule has 0 spiro atoms. The van der Waals surface area contributed by atoms with E-state index in [4.69, 9.17) is 10.8 Å². The van der Waals surface area contributed by atoms with E-state index >= 15 is 0 Å². The zero-order valence-corrected chi connectivity index (χ0v) is 13.8. The number of nitrogens with one attached hydrogen (secondary N) is 1. The fourth-order valence-corrected chi connectivity index (χ4v) is 4.00. The Kier molecular flexibility index (Phi) is 6.64. The summed E-state index contributed by atoms with van der Waals surface area (Å²) in [6.45, 7) is 5.72. The van der Waals surface area contributed by atoms with Gasteiger partial charge < -0.3 is 10.8 Å². The minimum absolute atomic E-state index is 0.0601. The third-order valence-corrected chi connectivity index (χ3v) is 5.16. The molecule has 0 aliphatic rings. The number of nitrogens with two attached hydrogens (primary N) is 1. The fourth-order valence-electron chi connectivity index (χ4n) is 2.33. The average molecular weight is 314 g/mol. The third-order valence-electron chi connectivity index (χ3n) is 3.51. The Bertz CT molecular complexity index is 571. The van der Waals surface area contributed by atoms with Crippen LogP contribution >= 0.6 is 0 Å². The van der Waals surface area contributed by atoms with Crippen LogP contribution in [0.25, 0.3) is 0 Å². The SMILES string of the molecule is CCc1cc(N)c(CC)c(S(=O)(=O)NC(C)CCCO)c1. The van der Waals surface area contributed by atoms with Crippen LogP contribution in [0.5, 0.6) is 0 Å². The summed E-state index contributed by atoms with van der Waals surface area (Å²) in [7, 11) is -3.60. The smallest absolute Gasteiger partial charge is 0.241 e. The molecule has 0 aliphatic carbocycles. The van der Waals surface area contributed by atoms with Crippen molar-refractivity contribution in [1.29, 1.82) is 0 Å². The summed E-state index contributed by atoms with van der Waals surface area (Å²) < 4.78 is 27.8. The number of nitrogen functional groups attached to an aromatic ring is 1. The molecule has 1 rings (SSSR count). The summed E-state index contributed by atoms with van der Waals surface area (Å²) in [6.07, 6.45) is 2.47. The molecule has 0 aromatic heterocycles. The van der Waals surface area contributed by atoms with Crippen molar-refractivity contribution >= 4 is 15.7 Å². The molecule has 6 heteroatoms. The molecule has 0 bridgehead atoms. The van der Waals surface area contributed by atoms with Crippen LogP contribution in [0.15, 0.2) is 17.0 Å². The number of sulfonamides is 1. The van der Waals surface area contributed by atoms with Gasteiger partial charge in [0.05, 0.1) is 4.90 Å². The van der Waals surface area contributed by atoms with E-state index in [9.17, 15) is 8.42 Å². The molecule has 0 saturated heterocycles. The Labute approximate surface area is 127 Å². The lowest BCUT2D eigenvalue weighted by Gasteiger charge is -2.18. The summed E-state index contributed by atoms with van der Waals surface area (Å²) in [4.78, 5) is 0.276. The predicted molar refractivity (Wildman–Crippen MR) is 85.7 cm³/mol. The van der Waals surface area contributed by atoms with Gasteiger partial charge in [0.25, 0.3) is 0 Å². The van der Waals surface area contributed by atoms with Gasteiger partial charge in [0.15, 0.2) is 0 Å². The van der Waals surface area contributed by atoms with E-state index in [-0.39, 0.29) is 17.5 Å². The quantitative estimate of drug-likeness (QED) is 0.638.